The van der Waals surface area contributed by atoms with Crippen molar-refractivity contribution >= 4 is 5.91 Å². The second kappa shape index (κ2) is 6.06. The van der Waals surface area contributed by atoms with Gasteiger partial charge in [-0.1, -0.05) is 12.1 Å². The van der Waals surface area contributed by atoms with E-state index in [1.165, 1.54) is 0 Å². The van der Waals surface area contributed by atoms with Gasteiger partial charge in [0.1, 0.15) is 5.75 Å². The zero-order valence-corrected chi connectivity index (χ0v) is 11.6. The van der Waals surface area contributed by atoms with Crippen molar-refractivity contribution in [2.75, 3.05) is 20.2 Å². The Hall–Kier alpha value is -1.55. The largest absolute Gasteiger partial charge is 0.497 e. The molecule has 0 unspecified atom stereocenters. The van der Waals surface area contributed by atoms with Crippen molar-refractivity contribution < 1.29 is 9.53 Å². The van der Waals surface area contributed by atoms with Crippen molar-refractivity contribution in [2.24, 2.45) is 5.73 Å². The third-order valence-corrected chi connectivity index (χ3v) is 3.73. The highest BCUT2D eigenvalue weighted by molar-refractivity contribution is 5.83. The van der Waals surface area contributed by atoms with Crippen molar-refractivity contribution in [1.82, 2.24) is 4.90 Å². The lowest BCUT2D eigenvalue weighted by Gasteiger charge is -2.32. The van der Waals surface area contributed by atoms with Gasteiger partial charge in [0.25, 0.3) is 0 Å². The predicted octanol–water partition coefficient (Wildman–Crippen LogP) is 1.75. The second-order valence-electron chi connectivity index (χ2n) is 5.18. The summed E-state index contributed by atoms with van der Waals surface area (Å²) in [6.45, 7) is 3.44. The van der Waals surface area contributed by atoms with Gasteiger partial charge in [0, 0.05) is 19.1 Å². The van der Waals surface area contributed by atoms with Gasteiger partial charge >= 0.3 is 0 Å². The number of amides is 1. The average Bonchev–Trinajstić information content (AvgIpc) is 2.45. The zero-order chi connectivity index (χ0) is 13.8. The number of carbonyl (C=O) groups is 1. The molecule has 1 amide bonds. The molecule has 2 atom stereocenters. The van der Waals surface area contributed by atoms with Crippen LogP contribution in [0.25, 0.3) is 0 Å². The molecule has 19 heavy (non-hydrogen) atoms. The smallest absolute Gasteiger partial charge is 0.229 e. The molecule has 0 aromatic heterocycles. The highest BCUT2D eigenvalue weighted by atomic mass is 16.5. The number of benzene rings is 1. The maximum Gasteiger partial charge on any atom is 0.229 e. The standard InChI is InChI=1S/C15H22N2O2/c1-11(12-5-3-7-14(9-12)19-2)15(18)17-8-4-6-13(16)10-17/h3,5,7,9,11,13H,4,6,8,10,16H2,1-2H3/t11-,13-/m1/s1. The number of ether oxygens (including phenoxy) is 1. The molecule has 1 aliphatic heterocycles. The highest BCUT2D eigenvalue weighted by Crippen LogP contribution is 2.23. The SMILES string of the molecule is COc1cccc([C@@H](C)C(=O)N2CCC[C@@H](N)C2)c1. The molecule has 1 heterocycles. The van der Waals surface area contributed by atoms with Crippen molar-refractivity contribution in [3.63, 3.8) is 0 Å². The van der Waals surface area contributed by atoms with E-state index in [2.05, 4.69) is 0 Å². The van der Waals surface area contributed by atoms with E-state index in [0.717, 1.165) is 30.7 Å². The molecule has 1 aromatic carbocycles. The zero-order valence-electron chi connectivity index (χ0n) is 11.6. The molecule has 1 aliphatic rings. The molecule has 1 aromatic rings. The Morgan fingerprint density at radius 1 is 1.53 bits per heavy atom. The third-order valence-electron chi connectivity index (χ3n) is 3.73. The van der Waals surface area contributed by atoms with E-state index in [9.17, 15) is 4.79 Å². The summed E-state index contributed by atoms with van der Waals surface area (Å²) in [4.78, 5) is 14.4. The number of hydrogen-bond acceptors (Lipinski definition) is 3. The van der Waals surface area contributed by atoms with Crippen LogP contribution in [0.4, 0.5) is 0 Å². The maximum absolute atomic E-state index is 12.5. The van der Waals surface area contributed by atoms with Crippen LogP contribution in [0.5, 0.6) is 5.75 Å². The number of piperidine rings is 1. The van der Waals surface area contributed by atoms with Crippen LogP contribution < -0.4 is 10.5 Å². The molecule has 0 saturated carbocycles. The highest BCUT2D eigenvalue weighted by Gasteiger charge is 2.26. The third kappa shape index (κ3) is 3.26. The van der Waals surface area contributed by atoms with Crippen molar-refractivity contribution in [2.45, 2.75) is 31.7 Å². The van der Waals surface area contributed by atoms with Crippen LogP contribution in [-0.4, -0.2) is 37.0 Å². The number of carbonyl (C=O) groups excluding carboxylic acids is 1. The fourth-order valence-electron chi connectivity index (χ4n) is 2.54. The monoisotopic (exact) mass is 262 g/mol. The van der Waals surface area contributed by atoms with Crippen LogP contribution in [0, 0.1) is 0 Å². The van der Waals surface area contributed by atoms with E-state index in [1.54, 1.807) is 7.11 Å². The number of hydrogen-bond donors (Lipinski definition) is 1. The number of nitrogens with two attached hydrogens (primary N) is 1. The number of rotatable bonds is 3. The summed E-state index contributed by atoms with van der Waals surface area (Å²) in [5.74, 6) is 0.788. The van der Waals surface area contributed by atoms with Crippen molar-refractivity contribution in [3.05, 3.63) is 29.8 Å². The summed E-state index contributed by atoms with van der Waals surface area (Å²) in [6.07, 6.45) is 2.01. The second-order valence-corrected chi connectivity index (χ2v) is 5.18. The molecule has 2 N–H and O–H groups in total. The lowest BCUT2D eigenvalue weighted by atomic mass is 9.97. The Kier molecular flexibility index (Phi) is 4.43. The molecule has 1 fully saturated rings. The van der Waals surface area contributed by atoms with Crippen LogP contribution in [0.1, 0.15) is 31.2 Å². The number of likely N-dealkylation sites (tertiary alicyclic amines) is 1. The Labute approximate surface area is 114 Å². The van der Waals surface area contributed by atoms with E-state index in [4.69, 9.17) is 10.5 Å². The first kappa shape index (κ1) is 13.9. The minimum absolute atomic E-state index is 0.121. The summed E-state index contributed by atoms with van der Waals surface area (Å²) < 4.78 is 5.20. The molecule has 104 valence electrons. The van der Waals surface area contributed by atoms with E-state index in [1.807, 2.05) is 36.1 Å². The van der Waals surface area contributed by atoms with E-state index < -0.39 is 0 Å². The van der Waals surface area contributed by atoms with Gasteiger partial charge in [0.15, 0.2) is 0 Å². The van der Waals surface area contributed by atoms with Crippen LogP contribution in [0.2, 0.25) is 0 Å². The van der Waals surface area contributed by atoms with Crippen LogP contribution >= 0.6 is 0 Å². The topological polar surface area (TPSA) is 55.6 Å². The first-order chi connectivity index (χ1) is 9.11. The van der Waals surface area contributed by atoms with E-state index >= 15 is 0 Å². The Bertz CT molecular complexity index is 448. The van der Waals surface area contributed by atoms with E-state index in [0.29, 0.717) is 6.54 Å². The quantitative estimate of drug-likeness (QED) is 0.903. The number of nitrogens with zero attached hydrogens (tertiary/aromatic N) is 1. The molecule has 0 bridgehead atoms. The van der Waals surface area contributed by atoms with Crippen molar-refractivity contribution in [3.8, 4) is 5.75 Å². The normalized spacial score (nSPS) is 21.0. The Morgan fingerprint density at radius 3 is 3.00 bits per heavy atom. The van der Waals surface area contributed by atoms with Crippen LogP contribution in [-0.2, 0) is 4.79 Å². The summed E-state index contributed by atoms with van der Waals surface area (Å²) in [7, 11) is 1.63. The minimum Gasteiger partial charge on any atom is -0.497 e. The van der Waals surface area contributed by atoms with Crippen LogP contribution in [0.3, 0.4) is 0 Å². The lowest BCUT2D eigenvalue weighted by Crippen LogP contribution is -2.47. The Morgan fingerprint density at radius 2 is 2.32 bits per heavy atom. The summed E-state index contributed by atoms with van der Waals surface area (Å²) >= 11 is 0. The minimum atomic E-state index is -0.152. The lowest BCUT2D eigenvalue weighted by molar-refractivity contribution is -0.133. The molecule has 4 heteroatoms. The molecule has 0 aliphatic carbocycles. The van der Waals surface area contributed by atoms with Gasteiger partial charge < -0.3 is 15.4 Å². The molecular weight excluding hydrogens is 240 g/mol. The Balaban J connectivity index is 2.09. The van der Waals surface area contributed by atoms with Gasteiger partial charge in [-0.3, -0.25) is 4.79 Å². The summed E-state index contributed by atoms with van der Waals surface area (Å²) in [5.41, 5.74) is 6.92. The molecule has 2 rings (SSSR count). The molecule has 1 saturated heterocycles. The van der Waals surface area contributed by atoms with Gasteiger partial charge in [0.05, 0.1) is 13.0 Å². The fraction of sp³-hybridized carbons (Fsp3) is 0.533. The maximum atomic E-state index is 12.5. The number of methoxy groups -OCH3 is 1. The van der Waals surface area contributed by atoms with Crippen LogP contribution in [0.15, 0.2) is 24.3 Å². The van der Waals surface area contributed by atoms with Gasteiger partial charge in [-0.05, 0) is 37.5 Å². The first-order valence-electron chi connectivity index (χ1n) is 6.80. The molecule has 0 radical (unpaired) electrons. The molecular formula is C15H22N2O2. The fourth-order valence-corrected chi connectivity index (χ4v) is 2.54. The molecule has 4 nitrogen and oxygen atoms in total. The van der Waals surface area contributed by atoms with E-state index in [-0.39, 0.29) is 17.9 Å². The van der Waals surface area contributed by atoms with Gasteiger partial charge in [-0.15, -0.1) is 0 Å². The van der Waals surface area contributed by atoms with Crippen molar-refractivity contribution in [1.29, 1.82) is 0 Å². The average molecular weight is 262 g/mol. The predicted molar refractivity (Wildman–Crippen MR) is 75.2 cm³/mol. The van der Waals surface area contributed by atoms with Gasteiger partial charge in [0.2, 0.25) is 5.91 Å². The summed E-state index contributed by atoms with van der Waals surface area (Å²) in [5, 5.41) is 0. The van der Waals surface area contributed by atoms with Gasteiger partial charge in [-0.25, -0.2) is 0 Å². The van der Waals surface area contributed by atoms with Gasteiger partial charge in [-0.2, -0.15) is 0 Å². The molecule has 0 spiro atoms. The first-order valence-corrected chi connectivity index (χ1v) is 6.80. The summed E-state index contributed by atoms with van der Waals surface area (Å²) in [6, 6.07) is 7.81.